The summed E-state index contributed by atoms with van der Waals surface area (Å²) in [6, 6.07) is 16.6. The maximum Gasteiger partial charge on any atom is 0.251 e. The Labute approximate surface area is 158 Å². The first-order chi connectivity index (χ1) is 13.0. The number of nitrogens with zero attached hydrogens (tertiary/aromatic N) is 1. The van der Waals surface area contributed by atoms with Gasteiger partial charge in [-0.25, -0.2) is 4.39 Å². The van der Waals surface area contributed by atoms with Crippen LogP contribution in [0.2, 0.25) is 0 Å². The Hall–Kier alpha value is -2.72. The predicted molar refractivity (Wildman–Crippen MR) is 107 cm³/mol. The van der Waals surface area contributed by atoms with Gasteiger partial charge < -0.3 is 10.2 Å². The van der Waals surface area contributed by atoms with Gasteiger partial charge in [0, 0.05) is 12.1 Å². The number of benzene rings is 3. The molecule has 0 aliphatic heterocycles. The molecule has 1 N–H and O–H groups in total. The highest BCUT2D eigenvalue weighted by atomic mass is 19.1. The predicted octanol–water partition coefficient (Wildman–Crippen LogP) is 4.11. The lowest BCUT2D eigenvalue weighted by Gasteiger charge is -2.25. The minimum Gasteiger partial charge on any atom is -0.350 e. The number of aryl methyl sites for hydroxylation is 2. The molecule has 0 fully saturated rings. The van der Waals surface area contributed by atoms with Crippen molar-refractivity contribution >= 4 is 16.7 Å². The Morgan fingerprint density at radius 1 is 1.07 bits per heavy atom. The van der Waals surface area contributed by atoms with Gasteiger partial charge in [0.15, 0.2) is 0 Å². The van der Waals surface area contributed by atoms with Crippen molar-refractivity contribution in [3.05, 3.63) is 82.7 Å². The van der Waals surface area contributed by atoms with E-state index in [1.165, 1.54) is 28.6 Å². The molecule has 138 valence electrons. The Morgan fingerprint density at radius 2 is 1.81 bits per heavy atom. The summed E-state index contributed by atoms with van der Waals surface area (Å²) >= 11 is 0. The van der Waals surface area contributed by atoms with Crippen LogP contribution in [0.1, 0.15) is 33.1 Å². The SMILES string of the molecule is CN(C)[C@H](CNC(=O)c1ccc2c3c(cccc13)CC2)c1cccc(F)c1. The van der Waals surface area contributed by atoms with Crippen LogP contribution in [-0.4, -0.2) is 31.4 Å². The normalized spacial score (nSPS) is 13.9. The highest BCUT2D eigenvalue weighted by molar-refractivity contribution is 6.09. The molecule has 1 atom stereocenters. The highest BCUT2D eigenvalue weighted by Crippen LogP contribution is 2.32. The van der Waals surface area contributed by atoms with Gasteiger partial charge in [0.25, 0.3) is 5.91 Å². The molecular weight excluding hydrogens is 339 g/mol. The molecule has 1 aliphatic carbocycles. The molecule has 1 amide bonds. The number of nitrogens with one attached hydrogen (secondary N) is 1. The van der Waals surface area contributed by atoms with Crippen LogP contribution in [0.25, 0.3) is 10.8 Å². The van der Waals surface area contributed by atoms with E-state index in [4.69, 9.17) is 0 Å². The zero-order valence-corrected chi connectivity index (χ0v) is 15.6. The van der Waals surface area contributed by atoms with E-state index in [2.05, 4.69) is 17.4 Å². The Bertz CT molecular complexity index is 1000. The second kappa shape index (κ2) is 7.12. The largest absolute Gasteiger partial charge is 0.350 e. The fourth-order valence-corrected chi connectivity index (χ4v) is 4.04. The van der Waals surface area contributed by atoms with Gasteiger partial charge in [-0.3, -0.25) is 4.79 Å². The first-order valence-corrected chi connectivity index (χ1v) is 9.28. The number of rotatable bonds is 5. The van der Waals surface area contributed by atoms with Crippen molar-refractivity contribution < 1.29 is 9.18 Å². The molecular formula is C23H23FN2O. The molecule has 0 unspecified atom stereocenters. The Kier molecular flexibility index (Phi) is 4.66. The Morgan fingerprint density at radius 3 is 2.56 bits per heavy atom. The molecule has 27 heavy (non-hydrogen) atoms. The second-order valence-electron chi connectivity index (χ2n) is 7.36. The van der Waals surface area contributed by atoms with E-state index in [0.717, 1.165) is 23.8 Å². The summed E-state index contributed by atoms with van der Waals surface area (Å²) in [5, 5.41) is 5.30. The Balaban J connectivity index is 1.58. The summed E-state index contributed by atoms with van der Waals surface area (Å²) in [7, 11) is 3.86. The standard InChI is InChI=1S/C23H23FN2O/c1-26(2)21(17-6-3-7-18(24)13-17)14-25-23(27)20-12-11-16-10-9-15-5-4-8-19(20)22(15)16/h3-8,11-13,21H,9-10,14H2,1-2H3,(H,25,27)/t21-/m1/s1. The zero-order chi connectivity index (χ0) is 19.0. The van der Waals surface area contributed by atoms with Crippen molar-refractivity contribution in [1.29, 1.82) is 0 Å². The molecule has 0 aromatic heterocycles. The molecule has 0 saturated carbocycles. The van der Waals surface area contributed by atoms with Crippen LogP contribution < -0.4 is 5.32 Å². The average molecular weight is 362 g/mol. The summed E-state index contributed by atoms with van der Waals surface area (Å²) < 4.78 is 13.6. The number of amides is 1. The van der Waals surface area contributed by atoms with Crippen LogP contribution in [0.5, 0.6) is 0 Å². The molecule has 3 nitrogen and oxygen atoms in total. The first kappa shape index (κ1) is 17.7. The van der Waals surface area contributed by atoms with Crippen molar-refractivity contribution in [1.82, 2.24) is 10.2 Å². The first-order valence-electron chi connectivity index (χ1n) is 9.28. The lowest BCUT2D eigenvalue weighted by molar-refractivity contribution is 0.0943. The molecule has 0 spiro atoms. The third-order valence-corrected chi connectivity index (χ3v) is 5.43. The van der Waals surface area contributed by atoms with Crippen LogP contribution >= 0.6 is 0 Å². The van der Waals surface area contributed by atoms with Crippen LogP contribution in [-0.2, 0) is 12.8 Å². The van der Waals surface area contributed by atoms with E-state index in [0.29, 0.717) is 12.1 Å². The molecule has 0 heterocycles. The van der Waals surface area contributed by atoms with E-state index in [1.807, 2.05) is 43.3 Å². The van der Waals surface area contributed by atoms with Gasteiger partial charge in [-0.2, -0.15) is 0 Å². The molecule has 3 aromatic carbocycles. The lowest BCUT2D eigenvalue weighted by Crippen LogP contribution is -2.34. The van der Waals surface area contributed by atoms with Crippen molar-refractivity contribution in [2.75, 3.05) is 20.6 Å². The van der Waals surface area contributed by atoms with E-state index in [-0.39, 0.29) is 17.8 Å². The maximum absolute atomic E-state index is 13.6. The zero-order valence-electron chi connectivity index (χ0n) is 15.6. The number of carbonyl (C=O) groups excluding carboxylic acids is 1. The highest BCUT2D eigenvalue weighted by Gasteiger charge is 2.20. The van der Waals surface area contributed by atoms with Gasteiger partial charge in [0.2, 0.25) is 0 Å². The van der Waals surface area contributed by atoms with Crippen LogP contribution in [0.15, 0.2) is 54.6 Å². The smallest absolute Gasteiger partial charge is 0.251 e. The third-order valence-electron chi connectivity index (χ3n) is 5.43. The molecule has 4 rings (SSSR count). The number of carbonyl (C=O) groups is 1. The number of halogens is 1. The van der Waals surface area contributed by atoms with Gasteiger partial charge in [-0.1, -0.05) is 36.4 Å². The molecule has 0 bridgehead atoms. The van der Waals surface area contributed by atoms with E-state index >= 15 is 0 Å². The monoisotopic (exact) mass is 362 g/mol. The van der Waals surface area contributed by atoms with Crippen molar-refractivity contribution in [2.24, 2.45) is 0 Å². The van der Waals surface area contributed by atoms with Crippen LogP contribution in [0, 0.1) is 5.82 Å². The average Bonchev–Trinajstić information content (AvgIpc) is 3.07. The van der Waals surface area contributed by atoms with E-state index < -0.39 is 0 Å². The maximum atomic E-state index is 13.6. The molecule has 0 radical (unpaired) electrons. The molecule has 3 aromatic rings. The topological polar surface area (TPSA) is 32.3 Å². The number of hydrogen-bond acceptors (Lipinski definition) is 2. The summed E-state index contributed by atoms with van der Waals surface area (Å²) in [5.41, 5.74) is 4.20. The fraction of sp³-hybridized carbons (Fsp3) is 0.261. The van der Waals surface area contributed by atoms with Crippen molar-refractivity contribution in [3.63, 3.8) is 0 Å². The minimum absolute atomic E-state index is 0.0890. The fourth-order valence-electron chi connectivity index (χ4n) is 4.04. The van der Waals surface area contributed by atoms with Crippen molar-refractivity contribution in [2.45, 2.75) is 18.9 Å². The van der Waals surface area contributed by atoms with Gasteiger partial charge >= 0.3 is 0 Å². The second-order valence-corrected chi connectivity index (χ2v) is 7.36. The van der Waals surface area contributed by atoms with Crippen molar-refractivity contribution in [3.8, 4) is 0 Å². The van der Waals surface area contributed by atoms with Crippen LogP contribution in [0.4, 0.5) is 4.39 Å². The number of likely N-dealkylation sites (N-methyl/N-ethyl adjacent to an activating group) is 1. The summed E-state index contributed by atoms with van der Waals surface area (Å²) in [6.07, 6.45) is 2.08. The number of hydrogen-bond donors (Lipinski definition) is 1. The summed E-state index contributed by atoms with van der Waals surface area (Å²) in [6.45, 7) is 0.415. The van der Waals surface area contributed by atoms with Gasteiger partial charge in [0.1, 0.15) is 5.82 Å². The lowest BCUT2D eigenvalue weighted by atomic mass is 9.99. The van der Waals surface area contributed by atoms with E-state index in [9.17, 15) is 9.18 Å². The van der Waals surface area contributed by atoms with Gasteiger partial charge in [-0.05, 0) is 72.6 Å². The molecule has 4 heteroatoms. The van der Waals surface area contributed by atoms with Gasteiger partial charge in [-0.15, -0.1) is 0 Å². The minimum atomic E-state index is -0.266. The quantitative estimate of drug-likeness (QED) is 0.741. The molecule has 1 aliphatic rings. The van der Waals surface area contributed by atoms with Gasteiger partial charge in [0.05, 0.1) is 6.04 Å². The van der Waals surface area contributed by atoms with Crippen LogP contribution in [0.3, 0.4) is 0 Å². The summed E-state index contributed by atoms with van der Waals surface area (Å²) in [4.78, 5) is 14.9. The molecule has 0 saturated heterocycles. The van der Waals surface area contributed by atoms with E-state index in [1.54, 1.807) is 6.07 Å². The third kappa shape index (κ3) is 3.33. The summed E-state index contributed by atoms with van der Waals surface area (Å²) in [5.74, 6) is -0.355.